The summed E-state index contributed by atoms with van der Waals surface area (Å²) in [5, 5.41) is 21.9. The molecule has 2 N–H and O–H groups in total. The summed E-state index contributed by atoms with van der Waals surface area (Å²) in [6, 6.07) is -0.564. The smallest absolute Gasteiger partial charge is 0.193 e. The van der Waals surface area contributed by atoms with E-state index in [9.17, 15) is 19.8 Å². The molecule has 6 nitrogen and oxygen atoms in total. The van der Waals surface area contributed by atoms with Crippen LogP contribution in [0.25, 0.3) is 0 Å². The third-order valence-corrected chi connectivity index (χ3v) is 8.70. The molecule has 4 aliphatic carbocycles. The minimum absolute atomic E-state index is 0.0202. The van der Waals surface area contributed by atoms with Crippen LogP contribution in [0.4, 0.5) is 0 Å². The zero-order valence-electron chi connectivity index (χ0n) is 24.1. The lowest BCUT2D eigenvalue weighted by Crippen LogP contribution is -2.63. The van der Waals surface area contributed by atoms with Crippen molar-refractivity contribution in [3.63, 3.8) is 0 Å². The Morgan fingerprint density at radius 1 is 1.45 bits per heavy atom. The number of hydrogen-bond donors (Lipinski definition) is 2. The second-order valence-electron chi connectivity index (χ2n) is 10.1. The Balaban J connectivity index is 1.65. The van der Waals surface area contributed by atoms with Crippen molar-refractivity contribution in [2.24, 2.45) is 28.6 Å². The molecule has 2 saturated carbocycles. The van der Waals surface area contributed by atoms with Crippen LogP contribution < -0.4 is 0 Å². The summed E-state index contributed by atoms with van der Waals surface area (Å²) in [6.45, 7) is 2.13. The number of carbonyl (C=O) groups excluding carboxylic acids is 2. The fourth-order valence-electron chi connectivity index (χ4n) is 7.44. The first kappa shape index (κ1) is 15.5. The second-order valence-corrected chi connectivity index (χ2v) is 10.1. The Morgan fingerprint density at radius 2 is 2.23 bits per heavy atom. The third-order valence-electron chi connectivity index (χ3n) is 8.70. The SMILES string of the molecule is [2H]C1=C[C@@]2(C)C(=C([2H])C[C@@H]3[C@@H]2[C@@H](O)C[C@@]2(C)[C@H]3C[C@H]3OC(CCC)O[C@]32C(=O)C([2H])([2H])O)C([2H])([2H])C1=O. The normalized spacial score (nSPS) is 55.9. The molecular formula is C25H34O6. The van der Waals surface area contributed by atoms with E-state index in [1.54, 1.807) is 13.8 Å². The molecule has 0 aromatic heterocycles. The number of rotatable bonds is 4. The quantitative estimate of drug-likeness (QED) is 0.659. The molecule has 1 aliphatic heterocycles. The summed E-state index contributed by atoms with van der Waals surface area (Å²) in [4.78, 5) is 26.1. The van der Waals surface area contributed by atoms with Crippen molar-refractivity contribution in [3.8, 4) is 0 Å². The molecule has 9 atom stereocenters. The number of fused-ring (bicyclic) bond motifs is 7. The highest BCUT2D eigenvalue weighted by atomic mass is 16.7. The van der Waals surface area contributed by atoms with Gasteiger partial charge in [-0.25, -0.2) is 0 Å². The van der Waals surface area contributed by atoms with Gasteiger partial charge in [0, 0.05) is 25.9 Å². The third kappa shape index (κ3) is 2.65. The first-order valence-electron chi connectivity index (χ1n) is 14.2. The highest BCUT2D eigenvalue weighted by Crippen LogP contribution is 2.69. The molecule has 0 bridgehead atoms. The summed E-state index contributed by atoms with van der Waals surface area (Å²) in [7, 11) is 0. The lowest BCUT2D eigenvalue weighted by Gasteiger charge is -2.59. The molecule has 0 radical (unpaired) electrons. The van der Waals surface area contributed by atoms with Crippen LogP contribution in [0.3, 0.4) is 0 Å². The Morgan fingerprint density at radius 3 is 2.94 bits per heavy atom. The van der Waals surface area contributed by atoms with Crippen LogP contribution in [0.5, 0.6) is 0 Å². The zero-order chi connectivity index (χ0) is 27.5. The molecule has 0 aromatic carbocycles. The van der Waals surface area contributed by atoms with Gasteiger partial charge < -0.3 is 19.7 Å². The van der Waals surface area contributed by atoms with Crippen LogP contribution in [0.1, 0.15) is 67.5 Å². The maximum absolute atomic E-state index is 13.6. The summed E-state index contributed by atoms with van der Waals surface area (Å²) < 4.78 is 62.0. The van der Waals surface area contributed by atoms with E-state index in [4.69, 9.17) is 17.7 Å². The average Bonchev–Trinajstić information content (AvgIpc) is 3.22. The second kappa shape index (κ2) is 7.08. The van der Waals surface area contributed by atoms with Crippen molar-refractivity contribution in [1.29, 1.82) is 0 Å². The Kier molecular flexibility index (Phi) is 3.54. The standard InChI is InChI=1S/C25H34O6/c1-4-5-21-30-20-11-17-16-7-6-14-10-15(27)8-9-23(14,2)22(16)18(28)12-24(17,3)25(20,31-21)19(29)13-26/h6,8-9,16-18,20-22,26,28H,4-5,7,10-13H2,1-3H3/t16-,17-,18-,20+,21?,22+,23-,24-,25+/m0/s1/i6D,8D,10D2,13D2. The number of aliphatic hydroxyl groups excluding tert-OH is 1. The van der Waals surface area contributed by atoms with Crippen LogP contribution >= 0.6 is 0 Å². The summed E-state index contributed by atoms with van der Waals surface area (Å²) in [5.74, 6) is -3.66. The number of allylic oxidation sites excluding steroid dienone is 4. The van der Waals surface area contributed by atoms with Gasteiger partial charge in [0.15, 0.2) is 23.5 Å². The monoisotopic (exact) mass is 436 g/mol. The molecule has 170 valence electrons. The molecule has 1 unspecified atom stereocenters. The molecule has 1 saturated heterocycles. The molecule has 0 spiro atoms. The predicted molar refractivity (Wildman–Crippen MR) is 113 cm³/mol. The Bertz CT molecular complexity index is 1120. The zero-order valence-corrected chi connectivity index (χ0v) is 18.1. The van der Waals surface area contributed by atoms with Gasteiger partial charge in [-0.15, -0.1) is 0 Å². The lowest BCUT2D eigenvalue weighted by atomic mass is 9.47. The van der Waals surface area contributed by atoms with E-state index in [-0.39, 0.29) is 30.9 Å². The van der Waals surface area contributed by atoms with Gasteiger partial charge in [-0.2, -0.15) is 0 Å². The molecule has 6 heteroatoms. The first-order chi connectivity index (χ1) is 17.0. The maximum atomic E-state index is 13.6. The predicted octanol–water partition coefficient (Wildman–Crippen LogP) is 2.72. The van der Waals surface area contributed by atoms with E-state index in [0.29, 0.717) is 12.8 Å². The van der Waals surface area contributed by atoms with E-state index in [1.165, 1.54) is 6.08 Å². The molecule has 31 heavy (non-hydrogen) atoms. The molecule has 5 aliphatic rings. The van der Waals surface area contributed by atoms with Crippen LogP contribution in [-0.2, 0) is 19.1 Å². The van der Waals surface area contributed by atoms with Crippen molar-refractivity contribution in [2.75, 3.05) is 6.56 Å². The molecule has 5 rings (SSSR count). The number of ether oxygens (including phenoxy) is 2. The van der Waals surface area contributed by atoms with Crippen LogP contribution in [0, 0.1) is 28.6 Å². The van der Waals surface area contributed by atoms with Gasteiger partial charge in [0.2, 0.25) is 0 Å². The number of ketones is 2. The fourth-order valence-corrected chi connectivity index (χ4v) is 7.44. The molecule has 1 heterocycles. The Labute approximate surface area is 192 Å². The largest absolute Gasteiger partial charge is 0.393 e. The van der Waals surface area contributed by atoms with Crippen molar-refractivity contribution >= 4 is 11.6 Å². The highest BCUT2D eigenvalue weighted by Gasteiger charge is 2.75. The van der Waals surface area contributed by atoms with Crippen molar-refractivity contribution in [3.05, 3.63) is 23.8 Å². The number of aliphatic hydroxyl groups is 2. The molecular weight excluding hydrogens is 396 g/mol. The number of hydrogen-bond acceptors (Lipinski definition) is 6. The molecule has 3 fully saturated rings. The molecule has 0 aromatic rings. The van der Waals surface area contributed by atoms with Crippen molar-refractivity contribution in [1.82, 2.24) is 0 Å². The van der Waals surface area contributed by atoms with Gasteiger partial charge in [0.05, 0.1) is 17.7 Å². The summed E-state index contributed by atoms with van der Waals surface area (Å²) >= 11 is 0. The van der Waals surface area contributed by atoms with E-state index in [1.807, 2.05) is 6.92 Å². The summed E-state index contributed by atoms with van der Waals surface area (Å²) in [5.41, 5.74) is -4.31. The van der Waals surface area contributed by atoms with Gasteiger partial charge >= 0.3 is 0 Å². The van der Waals surface area contributed by atoms with Gasteiger partial charge in [-0.3, -0.25) is 9.59 Å². The van der Waals surface area contributed by atoms with Crippen molar-refractivity contribution < 1.29 is 37.5 Å². The van der Waals surface area contributed by atoms with Crippen LogP contribution in [0.2, 0.25) is 0 Å². The van der Waals surface area contributed by atoms with Gasteiger partial charge in [-0.05, 0) is 43.6 Å². The van der Waals surface area contributed by atoms with E-state index in [0.717, 1.165) is 0 Å². The summed E-state index contributed by atoms with van der Waals surface area (Å²) in [6.07, 6.45) is -2.50. The van der Waals surface area contributed by atoms with E-state index in [2.05, 4.69) is 0 Å². The number of carbonyl (C=O) groups is 2. The van der Waals surface area contributed by atoms with E-state index >= 15 is 0 Å². The highest BCUT2D eigenvalue weighted by molar-refractivity contribution is 5.93. The Hall–Kier alpha value is -1.34. The first-order valence-corrected chi connectivity index (χ1v) is 11.2. The molecule has 0 amide bonds. The maximum Gasteiger partial charge on any atom is 0.193 e. The minimum Gasteiger partial charge on any atom is -0.393 e. The van der Waals surface area contributed by atoms with Gasteiger partial charge in [0.25, 0.3) is 0 Å². The minimum atomic E-state index is -3.20. The topological polar surface area (TPSA) is 93.1 Å². The lowest BCUT2D eigenvalue weighted by molar-refractivity contribution is -0.198. The van der Waals surface area contributed by atoms with Gasteiger partial charge in [0.1, 0.15) is 6.56 Å². The van der Waals surface area contributed by atoms with Crippen LogP contribution in [0.15, 0.2) is 23.8 Å². The van der Waals surface area contributed by atoms with Crippen LogP contribution in [-0.4, -0.2) is 52.4 Å². The van der Waals surface area contributed by atoms with Crippen molar-refractivity contribution in [2.45, 2.75) is 83.3 Å². The average molecular weight is 437 g/mol. The van der Waals surface area contributed by atoms with E-state index < -0.39 is 83.2 Å². The number of Topliss-reactive ketones (excluding diaryl/α,β-unsaturated/α-hetero) is 1. The fraction of sp³-hybridized carbons (Fsp3) is 0.760. The van der Waals surface area contributed by atoms with Gasteiger partial charge in [-0.1, -0.05) is 44.9 Å².